The van der Waals surface area contributed by atoms with Crippen LogP contribution in [0, 0.1) is 6.92 Å². The van der Waals surface area contributed by atoms with Gasteiger partial charge in [0.2, 0.25) is 5.95 Å². The van der Waals surface area contributed by atoms with Crippen molar-refractivity contribution < 1.29 is 0 Å². The highest BCUT2D eigenvalue weighted by atomic mass is 15.2. The summed E-state index contributed by atoms with van der Waals surface area (Å²) in [6.07, 6.45) is 0. The average Bonchev–Trinajstić information content (AvgIpc) is 2.70. The highest BCUT2D eigenvalue weighted by Gasteiger charge is 2.08. The zero-order chi connectivity index (χ0) is 19.9. The number of aryl methyl sites for hydroxylation is 1. The van der Waals surface area contributed by atoms with Crippen LogP contribution in [0.5, 0.6) is 0 Å². The third-order valence-electron chi connectivity index (χ3n) is 4.75. The quantitative estimate of drug-likeness (QED) is 0.599. The van der Waals surface area contributed by atoms with E-state index in [-0.39, 0.29) is 0 Å². The van der Waals surface area contributed by atoms with Gasteiger partial charge in [-0.25, -0.2) is 4.98 Å². The van der Waals surface area contributed by atoms with E-state index in [1.54, 1.807) is 0 Å². The minimum Gasteiger partial charge on any atom is -0.372 e. The second kappa shape index (κ2) is 9.22. The van der Waals surface area contributed by atoms with Crippen molar-refractivity contribution in [1.29, 1.82) is 0 Å². The number of aromatic nitrogens is 2. The topological polar surface area (TPSA) is 44.3 Å². The summed E-state index contributed by atoms with van der Waals surface area (Å²) >= 11 is 0. The molecule has 146 valence electrons. The summed E-state index contributed by atoms with van der Waals surface area (Å²) in [5.41, 5.74) is 4.40. The van der Waals surface area contributed by atoms with Crippen molar-refractivity contribution in [2.45, 2.75) is 27.3 Å². The van der Waals surface area contributed by atoms with Crippen molar-refractivity contribution in [3.05, 3.63) is 71.9 Å². The van der Waals surface area contributed by atoms with Gasteiger partial charge < -0.3 is 15.1 Å². The Morgan fingerprint density at radius 2 is 1.57 bits per heavy atom. The van der Waals surface area contributed by atoms with Crippen LogP contribution in [0.4, 0.5) is 23.1 Å². The predicted octanol–water partition coefficient (Wildman–Crippen LogP) is 5.01. The highest BCUT2D eigenvalue weighted by molar-refractivity contribution is 5.60. The van der Waals surface area contributed by atoms with Crippen molar-refractivity contribution in [3.8, 4) is 0 Å². The maximum absolute atomic E-state index is 4.71. The fourth-order valence-electron chi connectivity index (χ4n) is 3.22. The van der Waals surface area contributed by atoms with E-state index in [0.717, 1.165) is 36.8 Å². The van der Waals surface area contributed by atoms with E-state index < -0.39 is 0 Å². The molecular weight excluding hydrogens is 346 g/mol. The second-order valence-corrected chi connectivity index (χ2v) is 6.88. The molecule has 5 heteroatoms. The van der Waals surface area contributed by atoms with E-state index >= 15 is 0 Å². The third kappa shape index (κ3) is 5.00. The summed E-state index contributed by atoms with van der Waals surface area (Å²) in [7, 11) is 2.05. The summed E-state index contributed by atoms with van der Waals surface area (Å²) in [6.45, 7) is 9.14. The van der Waals surface area contributed by atoms with Gasteiger partial charge in [-0.05, 0) is 50.6 Å². The molecule has 3 aromatic rings. The molecule has 0 saturated carbocycles. The van der Waals surface area contributed by atoms with Crippen molar-refractivity contribution in [2.24, 2.45) is 0 Å². The minimum atomic E-state index is 0.616. The minimum absolute atomic E-state index is 0.616. The molecule has 3 rings (SSSR count). The van der Waals surface area contributed by atoms with Gasteiger partial charge in [0.05, 0.1) is 0 Å². The van der Waals surface area contributed by atoms with Crippen LogP contribution in [-0.2, 0) is 6.54 Å². The second-order valence-electron chi connectivity index (χ2n) is 6.88. The largest absolute Gasteiger partial charge is 0.372 e. The first-order chi connectivity index (χ1) is 13.6. The zero-order valence-corrected chi connectivity index (χ0v) is 17.2. The van der Waals surface area contributed by atoms with Crippen molar-refractivity contribution in [3.63, 3.8) is 0 Å². The summed E-state index contributed by atoms with van der Waals surface area (Å²) in [6, 6.07) is 20.8. The number of nitrogens with zero attached hydrogens (tertiary/aromatic N) is 4. The normalized spacial score (nSPS) is 10.6. The van der Waals surface area contributed by atoms with Gasteiger partial charge in [0.25, 0.3) is 0 Å². The van der Waals surface area contributed by atoms with E-state index in [4.69, 9.17) is 4.98 Å². The number of anilines is 4. The van der Waals surface area contributed by atoms with E-state index in [0.29, 0.717) is 5.95 Å². The first-order valence-corrected chi connectivity index (χ1v) is 9.81. The molecule has 0 radical (unpaired) electrons. The van der Waals surface area contributed by atoms with Gasteiger partial charge in [0.15, 0.2) is 0 Å². The van der Waals surface area contributed by atoms with Crippen LogP contribution < -0.4 is 15.1 Å². The van der Waals surface area contributed by atoms with Gasteiger partial charge >= 0.3 is 0 Å². The average molecular weight is 376 g/mol. The number of hydrogen-bond donors (Lipinski definition) is 1. The third-order valence-corrected chi connectivity index (χ3v) is 4.75. The first kappa shape index (κ1) is 19.7. The summed E-state index contributed by atoms with van der Waals surface area (Å²) in [5.74, 6) is 1.52. The van der Waals surface area contributed by atoms with Crippen molar-refractivity contribution in [1.82, 2.24) is 9.97 Å². The van der Waals surface area contributed by atoms with Gasteiger partial charge in [0.1, 0.15) is 5.82 Å². The van der Waals surface area contributed by atoms with E-state index in [9.17, 15) is 0 Å². The summed E-state index contributed by atoms with van der Waals surface area (Å²) < 4.78 is 0. The van der Waals surface area contributed by atoms with Gasteiger partial charge in [0, 0.05) is 49.8 Å². The molecule has 0 saturated heterocycles. The molecule has 0 atom stereocenters. The molecular formula is C23H29N5. The monoisotopic (exact) mass is 375 g/mol. The Bertz CT molecular complexity index is 873. The Hall–Kier alpha value is -3.08. The molecule has 0 aliphatic carbocycles. The fraction of sp³-hybridized carbons (Fsp3) is 0.304. The van der Waals surface area contributed by atoms with E-state index in [1.165, 1.54) is 11.3 Å². The van der Waals surface area contributed by atoms with Gasteiger partial charge in [-0.1, -0.05) is 30.3 Å². The van der Waals surface area contributed by atoms with Crippen LogP contribution in [0.15, 0.2) is 60.7 Å². The molecule has 0 spiro atoms. The Labute approximate surface area is 168 Å². The Kier molecular flexibility index (Phi) is 6.48. The lowest BCUT2D eigenvalue weighted by atomic mass is 10.2. The smallest absolute Gasteiger partial charge is 0.229 e. The molecule has 0 bridgehead atoms. The van der Waals surface area contributed by atoms with Gasteiger partial charge in [-0.2, -0.15) is 4.98 Å². The summed E-state index contributed by atoms with van der Waals surface area (Å²) in [5, 5.41) is 3.34. The van der Waals surface area contributed by atoms with Gasteiger partial charge in [-0.15, -0.1) is 0 Å². The standard InChI is InChI=1S/C23H29N5/c1-5-28(6-2)21-14-12-20(13-15-21)25-23-24-18(3)16-22(26-23)27(4)17-19-10-8-7-9-11-19/h7-16H,5-6,17H2,1-4H3,(H,24,25,26). The molecule has 2 aromatic carbocycles. The maximum atomic E-state index is 4.71. The molecule has 0 unspecified atom stereocenters. The first-order valence-electron chi connectivity index (χ1n) is 9.81. The van der Waals surface area contributed by atoms with Crippen LogP contribution in [0.1, 0.15) is 25.1 Å². The maximum Gasteiger partial charge on any atom is 0.229 e. The van der Waals surface area contributed by atoms with Crippen LogP contribution in [0.2, 0.25) is 0 Å². The molecule has 1 heterocycles. The van der Waals surface area contributed by atoms with E-state index in [2.05, 4.69) is 89.5 Å². The van der Waals surface area contributed by atoms with Crippen LogP contribution in [-0.4, -0.2) is 30.1 Å². The lowest BCUT2D eigenvalue weighted by Crippen LogP contribution is -2.21. The molecule has 0 amide bonds. The lowest BCUT2D eigenvalue weighted by molar-refractivity contribution is 0.866. The number of rotatable bonds is 8. The zero-order valence-electron chi connectivity index (χ0n) is 17.2. The van der Waals surface area contributed by atoms with Crippen molar-refractivity contribution in [2.75, 3.05) is 35.3 Å². The van der Waals surface area contributed by atoms with Crippen LogP contribution in [0.25, 0.3) is 0 Å². The molecule has 1 aromatic heterocycles. The number of benzene rings is 2. The SMILES string of the molecule is CCN(CC)c1ccc(Nc2nc(C)cc(N(C)Cc3ccccc3)n2)cc1. The molecule has 0 fully saturated rings. The molecule has 1 N–H and O–H groups in total. The molecule has 28 heavy (non-hydrogen) atoms. The molecule has 5 nitrogen and oxygen atoms in total. The van der Waals surface area contributed by atoms with Crippen molar-refractivity contribution >= 4 is 23.1 Å². The Morgan fingerprint density at radius 3 is 2.21 bits per heavy atom. The predicted molar refractivity (Wildman–Crippen MR) is 119 cm³/mol. The Balaban J connectivity index is 1.74. The van der Waals surface area contributed by atoms with Crippen LogP contribution >= 0.6 is 0 Å². The number of hydrogen-bond acceptors (Lipinski definition) is 5. The van der Waals surface area contributed by atoms with E-state index in [1.807, 2.05) is 19.1 Å². The Morgan fingerprint density at radius 1 is 0.893 bits per heavy atom. The highest BCUT2D eigenvalue weighted by Crippen LogP contribution is 2.22. The number of nitrogens with one attached hydrogen (secondary N) is 1. The summed E-state index contributed by atoms with van der Waals surface area (Å²) in [4.78, 5) is 13.7. The van der Waals surface area contributed by atoms with Gasteiger partial charge in [-0.3, -0.25) is 0 Å². The van der Waals surface area contributed by atoms with Crippen LogP contribution in [0.3, 0.4) is 0 Å². The lowest BCUT2D eigenvalue weighted by Gasteiger charge is -2.21. The molecule has 0 aliphatic heterocycles. The fourth-order valence-corrected chi connectivity index (χ4v) is 3.22. The molecule has 0 aliphatic rings.